The molecule has 1 atom stereocenters. The maximum Gasteiger partial charge on any atom is 0.242 e. The minimum absolute atomic E-state index is 0.0285. The van der Waals surface area contributed by atoms with Crippen molar-refractivity contribution in [2.24, 2.45) is 0 Å². The van der Waals surface area contributed by atoms with E-state index < -0.39 is 0 Å². The molecule has 2 N–H and O–H groups in total. The molecule has 1 amide bonds. The maximum absolute atomic E-state index is 12.5. The molecule has 0 saturated heterocycles. The molecule has 0 aliphatic rings. The molecule has 4 aromatic rings. The first kappa shape index (κ1) is 15.4. The van der Waals surface area contributed by atoms with Crippen LogP contribution < -0.4 is 5.32 Å². The average molecular weight is 333 g/mol. The molecule has 25 heavy (non-hydrogen) atoms. The van der Waals surface area contributed by atoms with Gasteiger partial charge in [-0.25, -0.2) is 9.97 Å². The fraction of sp³-hybridized carbons (Fsp3) is 0.211. The number of aromatic nitrogens is 4. The number of nitrogens with zero attached hydrogens (tertiary/aromatic N) is 3. The van der Waals surface area contributed by atoms with Crippen molar-refractivity contribution in [3.05, 3.63) is 60.7 Å². The minimum Gasteiger partial charge on any atom is -0.354 e. The maximum atomic E-state index is 12.5. The van der Waals surface area contributed by atoms with Crippen molar-refractivity contribution in [2.45, 2.75) is 19.4 Å². The van der Waals surface area contributed by atoms with E-state index in [4.69, 9.17) is 0 Å². The number of amides is 1. The zero-order chi connectivity index (χ0) is 17.2. The summed E-state index contributed by atoms with van der Waals surface area (Å²) in [6.45, 7) is 2.42. The van der Waals surface area contributed by atoms with E-state index in [0.29, 0.717) is 13.0 Å². The highest BCUT2D eigenvalue weighted by molar-refractivity contribution is 5.83. The first-order valence-electron chi connectivity index (χ1n) is 8.35. The molecule has 0 radical (unpaired) electrons. The van der Waals surface area contributed by atoms with Gasteiger partial charge < -0.3 is 14.9 Å². The van der Waals surface area contributed by atoms with E-state index >= 15 is 0 Å². The summed E-state index contributed by atoms with van der Waals surface area (Å²) in [5.41, 5.74) is 3.82. The summed E-state index contributed by atoms with van der Waals surface area (Å²) in [6, 6.07) is 15.4. The smallest absolute Gasteiger partial charge is 0.242 e. The van der Waals surface area contributed by atoms with Crippen LogP contribution in [0.5, 0.6) is 0 Å². The molecule has 6 nitrogen and oxygen atoms in total. The largest absolute Gasteiger partial charge is 0.354 e. The Morgan fingerprint density at radius 2 is 1.92 bits per heavy atom. The quantitative estimate of drug-likeness (QED) is 0.590. The van der Waals surface area contributed by atoms with Gasteiger partial charge in [0.15, 0.2) is 0 Å². The highest BCUT2D eigenvalue weighted by Crippen LogP contribution is 2.17. The summed E-state index contributed by atoms with van der Waals surface area (Å²) in [7, 11) is 0. The van der Waals surface area contributed by atoms with Crippen LogP contribution in [0.4, 0.5) is 0 Å². The first-order valence-corrected chi connectivity index (χ1v) is 8.35. The number of para-hydroxylation sites is 4. The Morgan fingerprint density at radius 1 is 1.16 bits per heavy atom. The summed E-state index contributed by atoms with van der Waals surface area (Å²) in [5, 5.41) is 2.98. The van der Waals surface area contributed by atoms with Crippen LogP contribution in [0.2, 0.25) is 0 Å². The third-order valence-electron chi connectivity index (χ3n) is 4.38. The Hall–Kier alpha value is -3.15. The Balaban J connectivity index is 1.40. The van der Waals surface area contributed by atoms with Gasteiger partial charge in [-0.1, -0.05) is 24.3 Å². The van der Waals surface area contributed by atoms with Gasteiger partial charge in [0.1, 0.15) is 11.9 Å². The number of H-pyrrole nitrogens is 1. The summed E-state index contributed by atoms with van der Waals surface area (Å²) in [5.74, 6) is 0.849. The summed E-state index contributed by atoms with van der Waals surface area (Å²) in [4.78, 5) is 24.6. The van der Waals surface area contributed by atoms with Gasteiger partial charge >= 0.3 is 0 Å². The van der Waals surface area contributed by atoms with E-state index in [1.165, 1.54) is 0 Å². The fourth-order valence-corrected chi connectivity index (χ4v) is 2.99. The summed E-state index contributed by atoms with van der Waals surface area (Å²) >= 11 is 0. The normalized spacial score (nSPS) is 12.5. The third kappa shape index (κ3) is 2.98. The van der Waals surface area contributed by atoms with Crippen LogP contribution in [0.15, 0.2) is 54.9 Å². The molecule has 2 aromatic carbocycles. The number of aromatic amines is 1. The number of hydrogen-bond acceptors (Lipinski definition) is 3. The van der Waals surface area contributed by atoms with Crippen LogP contribution >= 0.6 is 0 Å². The summed E-state index contributed by atoms with van der Waals surface area (Å²) in [6.07, 6.45) is 2.38. The fourth-order valence-electron chi connectivity index (χ4n) is 2.99. The Labute approximate surface area is 144 Å². The van der Waals surface area contributed by atoms with Crippen LogP contribution in [0, 0.1) is 0 Å². The molecular weight excluding hydrogens is 314 g/mol. The van der Waals surface area contributed by atoms with Crippen LogP contribution in [0.3, 0.4) is 0 Å². The van der Waals surface area contributed by atoms with Crippen molar-refractivity contribution in [3.8, 4) is 0 Å². The number of imidazole rings is 2. The number of benzene rings is 2. The highest BCUT2D eigenvalue weighted by atomic mass is 16.2. The SMILES string of the molecule is C[C@@H](C(=O)NCCc1nc2ccccc2[nH]1)n1cnc2ccccc21. The molecule has 0 aliphatic heterocycles. The van der Waals surface area contributed by atoms with Gasteiger partial charge in [0.25, 0.3) is 0 Å². The lowest BCUT2D eigenvalue weighted by Gasteiger charge is -2.14. The number of rotatable bonds is 5. The molecule has 0 bridgehead atoms. The lowest BCUT2D eigenvalue weighted by atomic mass is 10.2. The van der Waals surface area contributed by atoms with E-state index in [1.54, 1.807) is 6.33 Å². The number of fused-ring (bicyclic) bond motifs is 2. The first-order chi connectivity index (χ1) is 12.2. The highest BCUT2D eigenvalue weighted by Gasteiger charge is 2.16. The van der Waals surface area contributed by atoms with Crippen LogP contribution in [0.1, 0.15) is 18.8 Å². The van der Waals surface area contributed by atoms with E-state index in [0.717, 1.165) is 27.9 Å². The van der Waals surface area contributed by atoms with Gasteiger partial charge in [0, 0.05) is 13.0 Å². The number of carbonyl (C=O) groups is 1. The van der Waals surface area contributed by atoms with E-state index in [1.807, 2.05) is 60.0 Å². The molecule has 0 saturated carbocycles. The van der Waals surface area contributed by atoms with Gasteiger partial charge in [0.2, 0.25) is 5.91 Å². The molecular formula is C19H19N5O. The van der Waals surface area contributed by atoms with Crippen molar-refractivity contribution < 1.29 is 4.79 Å². The molecule has 126 valence electrons. The number of carbonyl (C=O) groups excluding carboxylic acids is 1. The second-order valence-electron chi connectivity index (χ2n) is 6.06. The van der Waals surface area contributed by atoms with Gasteiger partial charge in [-0.05, 0) is 31.2 Å². The monoisotopic (exact) mass is 333 g/mol. The second kappa shape index (κ2) is 6.39. The van der Waals surface area contributed by atoms with Crippen molar-refractivity contribution in [1.29, 1.82) is 0 Å². The van der Waals surface area contributed by atoms with Crippen LogP contribution in [0.25, 0.3) is 22.1 Å². The Bertz CT molecular complexity index is 999. The molecule has 6 heteroatoms. The second-order valence-corrected chi connectivity index (χ2v) is 6.06. The van der Waals surface area contributed by atoms with Crippen LogP contribution in [-0.2, 0) is 11.2 Å². The zero-order valence-electron chi connectivity index (χ0n) is 13.9. The van der Waals surface area contributed by atoms with Crippen molar-refractivity contribution in [2.75, 3.05) is 6.54 Å². The molecule has 0 unspecified atom stereocenters. The van der Waals surface area contributed by atoms with Crippen molar-refractivity contribution >= 4 is 28.0 Å². The zero-order valence-corrected chi connectivity index (χ0v) is 13.9. The van der Waals surface area contributed by atoms with Crippen molar-refractivity contribution in [1.82, 2.24) is 24.8 Å². The van der Waals surface area contributed by atoms with E-state index in [9.17, 15) is 4.79 Å². The van der Waals surface area contributed by atoms with Crippen LogP contribution in [-0.4, -0.2) is 32.0 Å². The predicted molar refractivity (Wildman–Crippen MR) is 97.3 cm³/mol. The molecule has 0 spiro atoms. The topological polar surface area (TPSA) is 75.6 Å². The van der Waals surface area contributed by atoms with E-state index in [2.05, 4.69) is 20.3 Å². The third-order valence-corrected chi connectivity index (χ3v) is 4.38. The predicted octanol–water partition coefficient (Wildman–Crippen LogP) is 2.83. The molecule has 4 rings (SSSR count). The molecule has 0 aliphatic carbocycles. The van der Waals surface area contributed by atoms with E-state index in [-0.39, 0.29) is 11.9 Å². The molecule has 2 heterocycles. The molecule has 0 fully saturated rings. The Morgan fingerprint density at radius 3 is 2.76 bits per heavy atom. The average Bonchev–Trinajstić information content (AvgIpc) is 3.24. The van der Waals surface area contributed by atoms with Gasteiger partial charge in [0.05, 0.1) is 28.4 Å². The standard InChI is InChI=1S/C19H19N5O/c1-13(24-12-21-16-8-4-5-9-17(16)24)19(25)20-11-10-18-22-14-6-2-3-7-15(14)23-18/h2-9,12-13H,10-11H2,1H3,(H,20,25)(H,22,23)/t13-/m0/s1. The lowest BCUT2D eigenvalue weighted by Crippen LogP contribution is -2.32. The molecule has 2 aromatic heterocycles. The lowest BCUT2D eigenvalue weighted by molar-refractivity contribution is -0.123. The van der Waals surface area contributed by atoms with Gasteiger partial charge in [-0.15, -0.1) is 0 Å². The van der Waals surface area contributed by atoms with Gasteiger partial charge in [-0.3, -0.25) is 4.79 Å². The number of hydrogen-bond donors (Lipinski definition) is 2. The minimum atomic E-state index is -0.317. The summed E-state index contributed by atoms with van der Waals surface area (Å²) < 4.78 is 1.89. The van der Waals surface area contributed by atoms with Gasteiger partial charge in [-0.2, -0.15) is 0 Å². The van der Waals surface area contributed by atoms with Crippen molar-refractivity contribution in [3.63, 3.8) is 0 Å². The number of nitrogens with one attached hydrogen (secondary N) is 2. The Kier molecular flexibility index (Phi) is 3.93.